The van der Waals surface area contributed by atoms with Gasteiger partial charge in [0.2, 0.25) is 0 Å². The number of hydrogen-bond donors (Lipinski definition) is 3. The van der Waals surface area contributed by atoms with Crippen LogP contribution in [0, 0.1) is 19.3 Å². The average Bonchev–Trinajstić information content (AvgIpc) is 2.87. The molecule has 0 bridgehead atoms. The highest BCUT2D eigenvalue weighted by atomic mass is 16.3. The van der Waals surface area contributed by atoms with Crippen LogP contribution in [-0.4, -0.2) is 47.1 Å². The highest BCUT2D eigenvalue weighted by Gasteiger charge is 2.31. The second-order valence-electron chi connectivity index (χ2n) is 7.68. The minimum atomic E-state index is 0.186. The monoisotopic (exact) mass is 363 g/mol. The quantitative estimate of drug-likeness (QED) is 0.490. The summed E-state index contributed by atoms with van der Waals surface area (Å²) in [5.41, 5.74) is 3.85. The second kappa shape index (κ2) is 9.95. The van der Waals surface area contributed by atoms with Gasteiger partial charge in [-0.15, -0.1) is 0 Å². The van der Waals surface area contributed by atoms with E-state index in [1.807, 2.05) is 11.7 Å². The molecule has 0 radical (unpaired) electrons. The summed E-state index contributed by atoms with van der Waals surface area (Å²) in [6, 6.07) is 0. The predicted molar refractivity (Wildman–Crippen MR) is 108 cm³/mol. The van der Waals surface area contributed by atoms with Gasteiger partial charge in [-0.05, 0) is 57.4 Å². The first-order chi connectivity index (χ1) is 12.5. The number of aliphatic imine (C=N–C) groups is 1. The van der Waals surface area contributed by atoms with Gasteiger partial charge in [0.05, 0.1) is 5.69 Å². The molecule has 1 heterocycles. The summed E-state index contributed by atoms with van der Waals surface area (Å²) < 4.78 is 1.95. The molecule has 1 aliphatic carbocycles. The van der Waals surface area contributed by atoms with Gasteiger partial charge >= 0.3 is 0 Å². The first kappa shape index (κ1) is 20.7. The maximum absolute atomic E-state index is 9.49. The van der Waals surface area contributed by atoms with Crippen molar-refractivity contribution in [3.63, 3.8) is 0 Å². The van der Waals surface area contributed by atoms with Crippen molar-refractivity contribution in [1.82, 2.24) is 20.4 Å². The lowest BCUT2D eigenvalue weighted by Gasteiger charge is -2.35. The van der Waals surface area contributed by atoms with Crippen molar-refractivity contribution in [2.24, 2.45) is 17.5 Å². The van der Waals surface area contributed by atoms with Crippen molar-refractivity contribution in [2.45, 2.75) is 65.7 Å². The molecule has 0 spiro atoms. The third-order valence-corrected chi connectivity index (χ3v) is 5.80. The Labute approximate surface area is 158 Å². The van der Waals surface area contributed by atoms with Gasteiger partial charge in [0, 0.05) is 39.0 Å². The lowest BCUT2D eigenvalue weighted by Crippen LogP contribution is -2.40. The fourth-order valence-electron chi connectivity index (χ4n) is 4.10. The first-order valence-electron chi connectivity index (χ1n) is 10.1. The second-order valence-corrected chi connectivity index (χ2v) is 7.68. The standard InChI is InChI=1S/C20H37N5O/c1-5-21-19(22-13-9-18-16(2)24-25(4)17(18)3)23-15-20(12-14-26)10-7-6-8-11-20/h26H,5-15H2,1-4H3,(H2,21,22,23). The number of nitrogens with one attached hydrogen (secondary N) is 2. The van der Waals surface area contributed by atoms with Crippen LogP contribution in [0.25, 0.3) is 0 Å². The summed E-state index contributed by atoms with van der Waals surface area (Å²) in [5, 5.41) is 20.8. The molecule has 1 fully saturated rings. The van der Waals surface area contributed by atoms with Gasteiger partial charge in [-0.1, -0.05) is 19.3 Å². The van der Waals surface area contributed by atoms with Crippen molar-refractivity contribution >= 4 is 5.96 Å². The Hall–Kier alpha value is -1.56. The number of aliphatic hydroxyl groups is 1. The van der Waals surface area contributed by atoms with Crippen LogP contribution in [-0.2, 0) is 13.5 Å². The summed E-state index contributed by atoms with van der Waals surface area (Å²) in [6.07, 6.45) is 8.02. The first-order valence-corrected chi connectivity index (χ1v) is 10.1. The summed E-state index contributed by atoms with van der Waals surface area (Å²) >= 11 is 0. The largest absolute Gasteiger partial charge is 0.396 e. The van der Waals surface area contributed by atoms with Gasteiger partial charge in [-0.2, -0.15) is 5.10 Å². The molecule has 6 nitrogen and oxygen atoms in total. The number of hydrogen-bond acceptors (Lipinski definition) is 3. The van der Waals surface area contributed by atoms with E-state index in [4.69, 9.17) is 4.99 Å². The summed E-state index contributed by atoms with van der Waals surface area (Å²) in [5.74, 6) is 0.884. The summed E-state index contributed by atoms with van der Waals surface area (Å²) in [6.45, 7) is 9.04. The van der Waals surface area contributed by atoms with Crippen molar-refractivity contribution in [2.75, 3.05) is 26.2 Å². The number of nitrogens with zero attached hydrogens (tertiary/aromatic N) is 3. The zero-order valence-electron chi connectivity index (χ0n) is 17.1. The smallest absolute Gasteiger partial charge is 0.191 e. The number of guanidine groups is 1. The van der Waals surface area contributed by atoms with E-state index in [9.17, 15) is 5.11 Å². The fraction of sp³-hybridized carbons (Fsp3) is 0.800. The Balaban J connectivity index is 1.95. The van der Waals surface area contributed by atoms with Crippen LogP contribution in [0.15, 0.2) is 4.99 Å². The SMILES string of the molecule is CCNC(=NCC1(CCO)CCCCC1)NCCc1c(C)nn(C)c1C. The van der Waals surface area contributed by atoms with Gasteiger partial charge in [-0.25, -0.2) is 0 Å². The van der Waals surface area contributed by atoms with Gasteiger partial charge in [0.15, 0.2) is 5.96 Å². The van der Waals surface area contributed by atoms with E-state index in [-0.39, 0.29) is 12.0 Å². The Morgan fingerprint density at radius 2 is 1.96 bits per heavy atom. The molecule has 148 valence electrons. The Morgan fingerprint density at radius 3 is 2.54 bits per heavy atom. The normalized spacial score (nSPS) is 17.3. The van der Waals surface area contributed by atoms with Crippen molar-refractivity contribution in [3.05, 3.63) is 17.0 Å². The Bertz CT molecular complexity index is 582. The van der Waals surface area contributed by atoms with E-state index in [0.717, 1.165) is 44.1 Å². The maximum Gasteiger partial charge on any atom is 0.191 e. The molecule has 0 atom stereocenters. The van der Waals surface area contributed by atoms with E-state index in [2.05, 4.69) is 36.5 Å². The summed E-state index contributed by atoms with van der Waals surface area (Å²) in [4.78, 5) is 4.87. The van der Waals surface area contributed by atoms with Gasteiger partial charge in [0.25, 0.3) is 0 Å². The van der Waals surface area contributed by atoms with Crippen LogP contribution in [0.1, 0.15) is 62.4 Å². The van der Waals surface area contributed by atoms with E-state index in [1.165, 1.54) is 43.4 Å². The maximum atomic E-state index is 9.49. The minimum absolute atomic E-state index is 0.186. The van der Waals surface area contributed by atoms with E-state index in [0.29, 0.717) is 0 Å². The third kappa shape index (κ3) is 5.47. The highest BCUT2D eigenvalue weighted by Crippen LogP contribution is 2.39. The molecule has 0 amide bonds. The number of aromatic nitrogens is 2. The zero-order valence-corrected chi connectivity index (χ0v) is 17.1. The van der Waals surface area contributed by atoms with Crippen LogP contribution >= 0.6 is 0 Å². The predicted octanol–water partition coefficient (Wildman–Crippen LogP) is 2.47. The molecular formula is C20H37N5O. The van der Waals surface area contributed by atoms with Gasteiger partial charge < -0.3 is 15.7 Å². The molecule has 6 heteroatoms. The molecule has 0 saturated heterocycles. The molecule has 1 aromatic rings. The number of rotatable bonds is 8. The molecule has 1 aliphatic rings. The average molecular weight is 364 g/mol. The zero-order chi connectivity index (χ0) is 19.0. The number of aliphatic hydroxyl groups excluding tert-OH is 1. The van der Waals surface area contributed by atoms with Crippen molar-refractivity contribution in [1.29, 1.82) is 0 Å². The molecular weight excluding hydrogens is 326 g/mol. The Morgan fingerprint density at radius 1 is 1.23 bits per heavy atom. The molecule has 0 aromatic carbocycles. The van der Waals surface area contributed by atoms with Crippen LogP contribution in [0.4, 0.5) is 0 Å². The lowest BCUT2D eigenvalue weighted by molar-refractivity contribution is 0.137. The molecule has 1 aromatic heterocycles. The van der Waals surface area contributed by atoms with Crippen LogP contribution < -0.4 is 10.6 Å². The number of aryl methyl sites for hydroxylation is 2. The van der Waals surface area contributed by atoms with Crippen molar-refractivity contribution < 1.29 is 5.11 Å². The molecule has 0 aliphatic heterocycles. The summed E-state index contributed by atoms with van der Waals surface area (Å²) in [7, 11) is 2.00. The highest BCUT2D eigenvalue weighted by molar-refractivity contribution is 5.79. The van der Waals surface area contributed by atoms with Crippen LogP contribution in [0.5, 0.6) is 0 Å². The fourth-order valence-corrected chi connectivity index (χ4v) is 4.10. The van der Waals surface area contributed by atoms with E-state index in [1.54, 1.807) is 0 Å². The van der Waals surface area contributed by atoms with Crippen LogP contribution in [0.3, 0.4) is 0 Å². The van der Waals surface area contributed by atoms with E-state index >= 15 is 0 Å². The van der Waals surface area contributed by atoms with Crippen LogP contribution in [0.2, 0.25) is 0 Å². The molecule has 1 saturated carbocycles. The Kier molecular flexibility index (Phi) is 7.94. The minimum Gasteiger partial charge on any atom is -0.396 e. The molecule has 0 unspecified atom stereocenters. The van der Waals surface area contributed by atoms with E-state index < -0.39 is 0 Å². The molecule has 3 N–H and O–H groups in total. The third-order valence-electron chi connectivity index (χ3n) is 5.80. The van der Waals surface area contributed by atoms with Gasteiger partial charge in [0.1, 0.15) is 0 Å². The lowest BCUT2D eigenvalue weighted by atomic mass is 9.72. The van der Waals surface area contributed by atoms with Gasteiger partial charge in [-0.3, -0.25) is 9.67 Å². The topological polar surface area (TPSA) is 74.5 Å². The molecule has 2 rings (SSSR count). The van der Waals surface area contributed by atoms with Crippen molar-refractivity contribution in [3.8, 4) is 0 Å². The molecule has 26 heavy (non-hydrogen) atoms.